The van der Waals surface area contributed by atoms with Crippen LogP contribution in [-0.2, 0) is 0 Å². The first-order chi connectivity index (χ1) is 17.3. The van der Waals surface area contributed by atoms with E-state index in [4.69, 9.17) is 5.11 Å². The van der Waals surface area contributed by atoms with E-state index in [-0.39, 0.29) is 11.1 Å². The lowest BCUT2D eigenvalue weighted by molar-refractivity contribution is -0.255. The molecule has 2 rings (SSSR count). The molecule has 0 radical (unpaired) electrons. The van der Waals surface area contributed by atoms with Gasteiger partial charge in [0.25, 0.3) is 0 Å². The number of rotatable bonds is 16. The average molecular weight is 533 g/mol. The second kappa shape index (κ2) is 18.4. The van der Waals surface area contributed by atoms with Crippen LogP contribution in [0.1, 0.15) is 99.8 Å². The van der Waals surface area contributed by atoms with E-state index in [1.54, 1.807) is 48.9 Å². The fraction of sp³-hybridized carbons (Fsp3) is 0.533. The number of carbonyl (C=O) groups excluding carboxylic acids is 1. The van der Waals surface area contributed by atoms with Crippen LogP contribution in [-0.4, -0.2) is 41.7 Å². The van der Waals surface area contributed by atoms with E-state index in [0.717, 1.165) is 9.79 Å². The second-order valence-electron chi connectivity index (χ2n) is 9.39. The van der Waals surface area contributed by atoms with Crippen molar-refractivity contribution in [2.24, 2.45) is 0 Å². The van der Waals surface area contributed by atoms with Crippen molar-refractivity contribution in [3.8, 4) is 0 Å². The van der Waals surface area contributed by atoms with Gasteiger partial charge in [0.2, 0.25) is 0 Å². The molecule has 4 nitrogen and oxygen atoms in total. The van der Waals surface area contributed by atoms with E-state index < -0.39 is 19.2 Å². The molecule has 0 bridgehead atoms. The summed E-state index contributed by atoms with van der Waals surface area (Å²) in [6.07, 6.45) is 17.9. The minimum Gasteiger partial charge on any atom is -0.545 e. The first-order valence-electron chi connectivity index (χ1n) is 13.5. The van der Waals surface area contributed by atoms with Crippen molar-refractivity contribution >= 4 is 31.0 Å². The Morgan fingerprint density at radius 2 is 1.00 bits per heavy atom. The lowest BCUT2D eigenvalue weighted by Crippen LogP contribution is -2.21. The fourth-order valence-corrected chi connectivity index (χ4v) is 10.2. The van der Waals surface area contributed by atoms with Crippen molar-refractivity contribution in [3.05, 3.63) is 59.7 Å². The molecule has 2 aromatic rings. The number of unbranched alkanes of at least 4 members (excludes halogenated alkanes) is 4. The molecule has 0 saturated heterocycles. The molecule has 0 atom stereocenters. The molecule has 0 aliphatic carbocycles. The van der Waals surface area contributed by atoms with Crippen molar-refractivity contribution in [1.82, 2.24) is 0 Å². The van der Waals surface area contributed by atoms with E-state index in [0.29, 0.717) is 0 Å². The largest absolute Gasteiger partial charge is 0.545 e. The monoisotopic (exact) mass is 532 g/mol. The zero-order valence-electron chi connectivity index (χ0n) is 22.6. The van der Waals surface area contributed by atoms with Crippen molar-refractivity contribution < 1.29 is 19.8 Å². The predicted molar refractivity (Wildman–Crippen MR) is 154 cm³/mol. The van der Waals surface area contributed by atoms with E-state index in [9.17, 15) is 14.7 Å². The minimum absolute atomic E-state index is 0.130. The molecule has 0 aliphatic heterocycles. The van der Waals surface area contributed by atoms with Crippen LogP contribution in [0.5, 0.6) is 0 Å². The van der Waals surface area contributed by atoms with Gasteiger partial charge in [-0.15, -0.1) is 0 Å². The normalized spacial score (nSPS) is 11.0. The standard InChI is InChI=1S/C16H36P.C14H10O4S/c1-5-9-13-17(14-10-6-2,15-11-7-3)16-12-8-4;15-13(16)9-1-5-11(6-2-9)19-12-7-3-10(4-8-12)14(17)18/h5-16H2,1-4H3;1-8H,(H,15,16)(H,17,18)/q+1;/p-1. The Balaban J connectivity index is 0.000000363. The van der Waals surface area contributed by atoms with Gasteiger partial charge in [-0.25, -0.2) is 4.79 Å². The van der Waals surface area contributed by atoms with E-state index in [1.165, 1.54) is 87.4 Å². The highest BCUT2D eigenvalue weighted by atomic mass is 32.2. The van der Waals surface area contributed by atoms with Gasteiger partial charge in [-0.05, 0) is 67.6 Å². The summed E-state index contributed by atoms with van der Waals surface area (Å²) in [6, 6.07) is 12.8. The van der Waals surface area contributed by atoms with Crippen molar-refractivity contribution in [2.45, 2.75) is 88.9 Å². The van der Waals surface area contributed by atoms with Gasteiger partial charge >= 0.3 is 5.97 Å². The third kappa shape index (κ3) is 12.4. The quantitative estimate of drug-likeness (QED) is 0.221. The molecule has 0 heterocycles. The van der Waals surface area contributed by atoms with Crippen LogP contribution in [0.2, 0.25) is 0 Å². The molecule has 6 heteroatoms. The van der Waals surface area contributed by atoms with E-state index in [1.807, 2.05) is 0 Å². The zero-order chi connectivity index (χ0) is 26.8. The molecule has 0 unspecified atom stereocenters. The summed E-state index contributed by atoms with van der Waals surface area (Å²) in [4.78, 5) is 23.1. The van der Waals surface area contributed by atoms with E-state index in [2.05, 4.69) is 27.7 Å². The lowest BCUT2D eigenvalue weighted by atomic mass is 10.2. The van der Waals surface area contributed by atoms with Crippen LogP contribution >= 0.6 is 19.0 Å². The topological polar surface area (TPSA) is 77.4 Å². The highest BCUT2D eigenvalue weighted by Crippen LogP contribution is 2.61. The van der Waals surface area contributed by atoms with Crippen LogP contribution in [0, 0.1) is 0 Å². The Bertz CT molecular complexity index is 788. The molecular formula is C30H45O4PS. The highest BCUT2D eigenvalue weighted by Gasteiger charge is 2.34. The summed E-state index contributed by atoms with van der Waals surface area (Å²) < 4.78 is 0. The molecule has 1 N–H and O–H groups in total. The van der Waals surface area contributed by atoms with Gasteiger partial charge in [0, 0.05) is 17.1 Å². The molecule has 0 aliphatic rings. The minimum atomic E-state index is -1.21. The van der Waals surface area contributed by atoms with Crippen LogP contribution in [0.25, 0.3) is 0 Å². The van der Waals surface area contributed by atoms with Crippen LogP contribution < -0.4 is 5.11 Å². The fourth-order valence-electron chi connectivity index (χ4n) is 4.11. The lowest BCUT2D eigenvalue weighted by Gasteiger charge is -2.28. The summed E-state index contributed by atoms with van der Waals surface area (Å²) in [5.41, 5.74) is 0.363. The number of aromatic carboxylic acids is 2. The summed E-state index contributed by atoms with van der Waals surface area (Å²) >= 11 is 1.42. The third-order valence-electron chi connectivity index (χ3n) is 6.37. The Kier molecular flexibility index (Phi) is 16.5. The van der Waals surface area contributed by atoms with Crippen molar-refractivity contribution in [3.63, 3.8) is 0 Å². The molecule has 0 aromatic heterocycles. The smallest absolute Gasteiger partial charge is 0.335 e. The zero-order valence-corrected chi connectivity index (χ0v) is 24.3. The molecule has 36 heavy (non-hydrogen) atoms. The van der Waals surface area contributed by atoms with Gasteiger partial charge in [-0.1, -0.05) is 77.3 Å². The Morgan fingerprint density at radius 3 is 1.28 bits per heavy atom. The van der Waals surface area contributed by atoms with Gasteiger partial charge < -0.3 is 15.0 Å². The number of carbonyl (C=O) groups is 2. The second-order valence-corrected chi connectivity index (χ2v) is 15.0. The predicted octanol–water partition coefficient (Wildman–Crippen LogP) is 8.10. The Hall–Kier alpha value is -1.84. The maximum atomic E-state index is 10.7. The molecule has 0 spiro atoms. The molecule has 0 amide bonds. The first kappa shape index (κ1) is 32.2. The maximum absolute atomic E-state index is 10.7. The Morgan fingerprint density at radius 1 is 0.667 bits per heavy atom. The third-order valence-corrected chi connectivity index (χ3v) is 12.4. The van der Waals surface area contributed by atoms with Gasteiger partial charge in [0.15, 0.2) is 0 Å². The summed E-state index contributed by atoms with van der Waals surface area (Å²) in [5, 5.41) is 19.4. The summed E-state index contributed by atoms with van der Waals surface area (Å²) in [6.45, 7) is 9.42. The van der Waals surface area contributed by atoms with Crippen LogP contribution in [0.15, 0.2) is 58.3 Å². The first-order valence-corrected chi connectivity index (χ1v) is 16.8. The highest BCUT2D eigenvalue weighted by molar-refractivity contribution is 7.99. The summed E-state index contributed by atoms with van der Waals surface area (Å²) in [5.74, 6) is -2.17. The molecule has 0 saturated carbocycles. The summed E-state index contributed by atoms with van der Waals surface area (Å²) in [7, 11) is -0.562. The molecular weight excluding hydrogens is 487 g/mol. The number of hydrogen-bond acceptors (Lipinski definition) is 4. The Labute approximate surface area is 223 Å². The SMILES string of the molecule is CCCC[P+](CCCC)(CCCC)CCCC.O=C([O-])c1ccc(Sc2ccc(C(=O)O)cc2)cc1. The van der Waals surface area contributed by atoms with Crippen molar-refractivity contribution in [1.29, 1.82) is 0 Å². The van der Waals surface area contributed by atoms with Crippen molar-refractivity contribution in [2.75, 3.05) is 24.6 Å². The van der Waals surface area contributed by atoms with Gasteiger partial charge in [0.1, 0.15) is 0 Å². The van der Waals surface area contributed by atoms with Gasteiger partial charge in [-0.2, -0.15) is 0 Å². The maximum Gasteiger partial charge on any atom is 0.335 e. The number of hydrogen-bond donors (Lipinski definition) is 1. The van der Waals surface area contributed by atoms with Gasteiger partial charge in [0.05, 0.1) is 36.2 Å². The molecule has 0 fully saturated rings. The number of carboxylic acid groups (broad SMARTS) is 2. The van der Waals surface area contributed by atoms with Gasteiger partial charge in [-0.3, -0.25) is 0 Å². The van der Waals surface area contributed by atoms with Crippen LogP contribution in [0.3, 0.4) is 0 Å². The van der Waals surface area contributed by atoms with E-state index >= 15 is 0 Å². The molecule has 2 aromatic carbocycles. The average Bonchev–Trinajstić information content (AvgIpc) is 2.89. The van der Waals surface area contributed by atoms with Crippen LogP contribution in [0.4, 0.5) is 0 Å². The molecule has 200 valence electrons. The number of carboxylic acids is 2. The number of benzene rings is 2.